The first kappa shape index (κ1) is 47.5. The molecule has 7 heteroatoms. The fraction of sp³-hybridized carbons (Fsp3) is 0.767. The van der Waals surface area contributed by atoms with Crippen molar-refractivity contribution in [3.05, 3.63) is 48.6 Å². The zero-order chi connectivity index (χ0) is 36.6. The SMILES string of the molecule is CCCCC/C=C\C/C=C\CCCCCCCCNC(=O)OCC(CN(C)C)OC(=O)NCCCCCCCC/C=C\C/C=C\CCCCC. The lowest BCUT2D eigenvalue weighted by Gasteiger charge is -2.21. The summed E-state index contributed by atoms with van der Waals surface area (Å²) in [5.41, 5.74) is 0. The van der Waals surface area contributed by atoms with E-state index in [1.807, 2.05) is 19.0 Å². The molecule has 2 N–H and O–H groups in total. The van der Waals surface area contributed by atoms with Gasteiger partial charge in [0.25, 0.3) is 0 Å². The third-order valence-corrected chi connectivity index (χ3v) is 8.54. The third kappa shape index (κ3) is 38.3. The van der Waals surface area contributed by atoms with Crippen molar-refractivity contribution in [2.45, 2.75) is 174 Å². The van der Waals surface area contributed by atoms with Crippen molar-refractivity contribution in [2.75, 3.05) is 40.3 Å². The van der Waals surface area contributed by atoms with Crippen LogP contribution in [0.1, 0.15) is 168 Å². The van der Waals surface area contributed by atoms with Crippen LogP contribution in [-0.4, -0.2) is 63.5 Å². The number of hydrogen-bond donors (Lipinski definition) is 2. The number of carbonyl (C=O) groups excluding carboxylic acids is 2. The molecule has 0 spiro atoms. The molecule has 0 radical (unpaired) electrons. The average molecular weight is 702 g/mol. The van der Waals surface area contributed by atoms with E-state index >= 15 is 0 Å². The van der Waals surface area contributed by atoms with Gasteiger partial charge in [-0.25, -0.2) is 9.59 Å². The lowest BCUT2D eigenvalue weighted by molar-refractivity contribution is 0.0318. The van der Waals surface area contributed by atoms with E-state index in [1.54, 1.807) is 0 Å². The van der Waals surface area contributed by atoms with Crippen LogP contribution in [0.2, 0.25) is 0 Å². The third-order valence-electron chi connectivity index (χ3n) is 8.54. The monoisotopic (exact) mass is 702 g/mol. The number of ether oxygens (including phenoxy) is 2. The first-order chi connectivity index (χ1) is 24.5. The van der Waals surface area contributed by atoms with E-state index in [9.17, 15) is 9.59 Å². The Morgan fingerprint density at radius 3 is 1.32 bits per heavy atom. The Kier molecular flexibility index (Phi) is 37.3. The number of carbonyl (C=O) groups is 2. The molecular formula is C43H79N3O4. The van der Waals surface area contributed by atoms with Crippen molar-refractivity contribution in [2.24, 2.45) is 0 Å². The molecule has 0 aromatic heterocycles. The Labute approximate surface area is 309 Å². The Morgan fingerprint density at radius 2 is 0.900 bits per heavy atom. The highest BCUT2D eigenvalue weighted by molar-refractivity contribution is 5.68. The molecule has 0 aromatic rings. The van der Waals surface area contributed by atoms with Crippen molar-refractivity contribution < 1.29 is 19.1 Å². The van der Waals surface area contributed by atoms with Crippen molar-refractivity contribution in [3.63, 3.8) is 0 Å². The molecule has 7 nitrogen and oxygen atoms in total. The van der Waals surface area contributed by atoms with Crippen molar-refractivity contribution in [1.29, 1.82) is 0 Å². The molecule has 0 aliphatic heterocycles. The predicted molar refractivity (Wildman–Crippen MR) is 215 cm³/mol. The van der Waals surface area contributed by atoms with Gasteiger partial charge >= 0.3 is 12.2 Å². The molecule has 0 saturated carbocycles. The molecule has 0 aliphatic carbocycles. The number of nitrogens with zero attached hydrogens (tertiary/aromatic N) is 1. The van der Waals surface area contributed by atoms with Crippen LogP contribution in [0.4, 0.5) is 9.59 Å². The number of hydrogen-bond acceptors (Lipinski definition) is 5. The highest BCUT2D eigenvalue weighted by atomic mass is 16.6. The number of unbranched alkanes of at least 4 members (excludes halogenated alkanes) is 18. The smallest absolute Gasteiger partial charge is 0.407 e. The van der Waals surface area contributed by atoms with Gasteiger partial charge in [-0.2, -0.15) is 0 Å². The molecule has 290 valence electrons. The van der Waals surface area contributed by atoms with Crippen LogP contribution in [0.25, 0.3) is 0 Å². The molecule has 0 fully saturated rings. The first-order valence-corrected chi connectivity index (χ1v) is 20.6. The van der Waals surface area contributed by atoms with Crippen LogP contribution in [-0.2, 0) is 9.47 Å². The fourth-order valence-corrected chi connectivity index (χ4v) is 5.55. The molecule has 50 heavy (non-hydrogen) atoms. The Hall–Kier alpha value is -2.54. The molecule has 2 amide bonds. The Balaban J connectivity index is 3.78. The average Bonchev–Trinajstić information content (AvgIpc) is 3.09. The van der Waals surface area contributed by atoms with Gasteiger partial charge in [-0.15, -0.1) is 0 Å². The van der Waals surface area contributed by atoms with Crippen LogP contribution in [0.15, 0.2) is 48.6 Å². The van der Waals surface area contributed by atoms with E-state index in [4.69, 9.17) is 9.47 Å². The maximum Gasteiger partial charge on any atom is 0.407 e. The minimum Gasteiger partial charge on any atom is -0.446 e. The van der Waals surface area contributed by atoms with E-state index in [2.05, 4.69) is 73.1 Å². The summed E-state index contributed by atoms with van der Waals surface area (Å²) in [6, 6.07) is 0. The van der Waals surface area contributed by atoms with Crippen LogP contribution < -0.4 is 10.6 Å². The summed E-state index contributed by atoms with van der Waals surface area (Å²) in [6.07, 6.45) is 45.5. The zero-order valence-corrected chi connectivity index (χ0v) is 33.1. The van der Waals surface area contributed by atoms with Crippen molar-refractivity contribution in [3.8, 4) is 0 Å². The summed E-state index contributed by atoms with van der Waals surface area (Å²) in [7, 11) is 3.81. The van der Waals surface area contributed by atoms with Gasteiger partial charge in [0.1, 0.15) is 6.61 Å². The van der Waals surface area contributed by atoms with Gasteiger partial charge in [0.2, 0.25) is 0 Å². The van der Waals surface area contributed by atoms with E-state index in [-0.39, 0.29) is 6.61 Å². The second-order valence-electron chi connectivity index (χ2n) is 13.9. The second-order valence-corrected chi connectivity index (χ2v) is 13.9. The van der Waals surface area contributed by atoms with Crippen LogP contribution in [0.5, 0.6) is 0 Å². The predicted octanol–water partition coefficient (Wildman–Crippen LogP) is 12.0. The summed E-state index contributed by atoms with van der Waals surface area (Å²) >= 11 is 0. The number of alkyl carbamates (subject to hydrolysis) is 2. The van der Waals surface area contributed by atoms with Gasteiger partial charge in [-0.1, -0.05) is 140 Å². The molecule has 1 unspecified atom stereocenters. The second kappa shape index (κ2) is 39.2. The molecular weight excluding hydrogens is 622 g/mol. The van der Waals surface area contributed by atoms with Crippen LogP contribution >= 0.6 is 0 Å². The molecule has 0 heterocycles. The topological polar surface area (TPSA) is 79.9 Å². The van der Waals surface area contributed by atoms with Gasteiger partial charge < -0.3 is 25.0 Å². The van der Waals surface area contributed by atoms with Crippen molar-refractivity contribution in [1.82, 2.24) is 15.5 Å². The summed E-state index contributed by atoms with van der Waals surface area (Å²) in [5, 5.41) is 5.68. The van der Waals surface area contributed by atoms with E-state index in [0.29, 0.717) is 19.6 Å². The van der Waals surface area contributed by atoms with Gasteiger partial charge in [0.05, 0.1) is 0 Å². The summed E-state index contributed by atoms with van der Waals surface area (Å²) in [4.78, 5) is 26.5. The highest BCUT2D eigenvalue weighted by Gasteiger charge is 2.18. The standard InChI is InChI=1S/C43H79N3O4/c1-5-7-9-11-13-15-17-19-21-23-25-27-29-31-33-35-37-44-42(47)49-40-41(39-46(3)4)50-43(48)45-38-36-34-32-30-28-26-24-22-20-18-16-14-12-10-8-6-2/h13-16,19-22,41H,5-12,17-18,23-40H2,1-4H3,(H,44,47)(H,45,48)/b15-13-,16-14-,21-19-,22-20-. The maximum atomic E-state index is 12.4. The molecule has 1 atom stereocenters. The lowest BCUT2D eigenvalue weighted by atomic mass is 10.1. The normalized spacial score (nSPS) is 12.6. The van der Waals surface area contributed by atoms with Crippen LogP contribution in [0, 0.1) is 0 Å². The number of nitrogens with one attached hydrogen (secondary N) is 2. The van der Waals surface area contributed by atoms with E-state index in [1.165, 1.54) is 103 Å². The largest absolute Gasteiger partial charge is 0.446 e. The molecule has 0 bridgehead atoms. The fourth-order valence-electron chi connectivity index (χ4n) is 5.55. The van der Waals surface area contributed by atoms with E-state index in [0.717, 1.165) is 51.4 Å². The zero-order valence-electron chi connectivity index (χ0n) is 33.1. The van der Waals surface area contributed by atoms with Gasteiger partial charge in [0, 0.05) is 19.6 Å². The number of allylic oxidation sites excluding steroid dienone is 8. The maximum absolute atomic E-state index is 12.4. The molecule has 0 rings (SSSR count). The van der Waals surface area contributed by atoms with Gasteiger partial charge in [-0.3, -0.25) is 0 Å². The van der Waals surface area contributed by atoms with E-state index < -0.39 is 18.3 Å². The number of amides is 2. The summed E-state index contributed by atoms with van der Waals surface area (Å²) < 4.78 is 10.9. The molecule has 0 aliphatic rings. The number of likely N-dealkylation sites (N-methyl/N-ethyl adjacent to an activating group) is 1. The van der Waals surface area contributed by atoms with Crippen LogP contribution in [0.3, 0.4) is 0 Å². The molecule has 0 saturated heterocycles. The van der Waals surface area contributed by atoms with Crippen molar-refractivity contribution >= 4 is 12.2 Å². The molecule has 0 aromatic carbocycles. The Morgan fingerprint density at radius 1 is 0.520 bits per heavy atom. The first-order valence-electron chi connectivity index (χ1n) is 20.6. The van der Waals surface area contributed by atoms with Gasteiger partial charge in [0.15, 0.2) is 6.10 Å². The minimum absolute atomic E-state index is 0.0338. The summed E-state index contributed by atoms with van der Waals surface area (Å²) in [6.45, 7) is 6.20. The highest BCUT2D eigenvalue weighted by Crippen LogP contribution is 2.09. The summed E-state index contributed by atoms with van der Waals surface area (Å²) in [5.74, 6) is 0. The van der Waals surface area contributed by atoms with Gasteiger partial charge in [-0.05, 0) is 91.1 Å². The number of rotatable bonds is 35. The Bertz CT molecular complexity index is 868. The minimum atomic E-state index is -0.520. The lowest BCUT2D eigenvalue weighted by Crippen LogP contribution is -2.39. The quantitative estimate of drug-likeness (QED) is 0.0508.